The van der Waals surface area contributed by atoms with Crippen LogP contribution in [0.3, 0.4) is 0 Å². The molecule has 0 aliphatic heterocycles. The fourth-order valence-corrected chi connectivity index (χ4v) is 1.51. The average Bonchev–Trinajstić information content (AvgIpc) is 2.84. The summed E-state index contributed by atoms with van der Waals surface area (Å²) in [4.78, 5) is 3.95. The van der Waals surface area contributed by atoms with Crippen LogP contribution >= 0.6 is 12.4 Å². The first-order valence-corrected chi connectivity index (χ1v) is 5.66. The largest absolute Gasteiger partial charge is 0.334 e. The molecular formula is C12H13ClF3N3O. The minimum atomic E-state index is -1.55. The highest BCUT2D eigenvalue weighted by atomic mass is 35.5. The molecule has 0 radical (unpaired) electrons. The lowest BCUT2D eigenvalue weighted by Crippen LogP contribution is -2.24. The maximum Gasteiger partial charge on any atom is 0.261 e. The molecule has 1 heterocycles. The van der Waals surface area contributed by atoms with Crippen LogP contribution in [0.1, 0.15) is 12.7 Å². The Morgan fingerprint density at radius 1 is 1.25 bits per heavy atom. The van der Waals surface area contributed by atoms with Gasteiger partial charge in [-0.05, 0) is 26.1 Å². The van der Waals surface area contributed by atoms with Crippen LogP contribution in [0.25, 0.3) is 11.5 Å². The smallest absolute Gasteiger partial charge is 0.261 e. The average molecular weight is 308 g/mol. The highest BCUT2D eigenvalue weighted by Gasteiger charge is 2.19. The summed E-state index contributed by atoms with van der Waals surface area (Å²) in [5, 5.41) is 6.65. The van der Waals surface area contributed by atoms with Crippen LogP contribution in [0, 0.1) is 17.5 Å². The molecule has 20 heavy (non-hydrogen) atoms. The molecule has 110 valence electrons. The third kappa shape index (κ3) is 3.29. The van der Waals surface area contributed by atoms with E-state index in [1.165, 1.54) is 0 Å². The topological polar surface area (TPSA) is 51.0 Å². The number of nitrogens with one attached hydrogen (secondary N) is 1. The molecule has 8 heteroatoms. The molecule has 2 rings (SSSR count). The summed E-state index contributed by atoms with van der Waals surface area (Å²) in [6.07, 6.45) is 0.477. The Morgan fingerprint density at radius 3 is 2.60 bits per heavy atom. The van der Waals surface area contributed by atoms with Gasteiger partial charge in [0.05, 0.1) is 5.56 Å². The van der Waals surface area contributed by atoms with Crippen LogP contribution in [0.5, 0.6) is 0 Å². The molecule has 1 N–H and O–H groups in total. The highest BCUT2D eigenvalue weighted by molar-refractivity contribution is 5.85. The van der Waals surface area contributed by atoms with Crippen molar-refractivity contribution in [2.24, 2.45) is 0 Å². The van der Waals surface area contributed by atoms with Gasteiger partial charge in [-0.3, -0.25) is 0 Å². The molecule has 0 bridgehead atoms. The maximum atomic E-state index is 13.5. The van der Waals surface area contributed by atoms with Crippen molar-refractivity contribution in [3.05, 3.63) is 35.4 Å². The standard InChI is InChI=1S/C12H12F3N3O.ClH/c1-6(16-2)5-9-17-12(19-18-9)7-3-4-8(13)11(15)10(7)14;/h3-4,6,16H,5H2,1-2H3;1H. The van der Waals surface area contributed by atoms with Crippen molar-refractivity contribution in [2.75, 3.05) is 7.05 Å². The predicted octanol–water partition coefficient (Wildman–Crippen LogP) is 2.73. The molecule has 1 aromatic carbocycles. The first-order valence-electron chi connectivity index (χ1n) is 5.66. The van der Waals surface area contributed by atoms with Crippen molar-refractivity contribution in [1.29, 1.82) is 0 Å². The van der Waals surface area contributed by atoms with Crippen LogP contribution in [0.2, 0.25) is 0 Å². The zero-order valence-electron chi connectivity index (χ0n) is 10.8. The molecule has 0 aliphatic rings. The molecule has 2 aromatic rings. The van der Waals surface area contributed by atoms with E-state index in [1.54, 1.807) is 7.05 Å². The summed E-state index contributed by atoms with van der Waals surface area (Å²) in [7, 11) is 1.78. The number of rotatable bonds is 4. The number of nitrogens with zero attached hydrogens (tertiary/aromatic N) is 2. The number of hydrogen-bond acceptors (Lipinski definition) is 4. The van der Waals surface area contributed by atoms with Crippen LogP contribution < -0.4 is 5.32 Å². The number of halogens is 4. The summed E-state index contributed by atoms with van der Waals surface area (Å²) in [6, 6.07) is 1.99. The van der Waals surface area contributed by atoms with E-state index in [4.69, 9.17) is 4.52 Å². The highest BCUT2D eigenvalue weighted by Crippen LogP contribution is 2.24. The SMILES string of the molecule is CNC(C)Cc1noc(-c2ccc(F)c(F)c2F)n1.Cl. The van der Waals surface area contributed by atoms with Crippen molar-refractivity contribution < 1.29 is 17.7 Å². The summed E-state index contributed by atoms with van der Waals surface area (Å²) < 4.78 is 44.3. The number of aromatic nitrogens is 2. The Balaban J connectivity index is 0.00000200. The minimum absolute atomic E-state index is 0. The molecule has 0 spiro atoms. The van der Waals surface area contributed by atoms with E-state index in [9.17, 15) is 13.2 Å². The molecule has 0 aliphatic carbocycles. The van der Waals surface area contributed by atoms with Gasteiger partial charge >= 0.3 is 0 Å². The van der Waals surface area contributed by atoms with Crippen LogP contribution in [-0.2, 0) is 6.42 Å². The summed E-state index contributed by atoms with van der Waals surface area (Å²) in [6.45, 7) is 1.91. The van der Waals surface area contributed by atoms with E-state index < -0.39 is 17.5 Å². The van der Waals surface area contributed by atoms with E-state index >= 15 is 0 Å². The summed E-state index contributed by atoms with van der Waals surface area (Å²) in [5.41, 5.74) is -0.255. The Hall–Kier alpha value is -1.60. The zero-order valence-corrected chi connectivity index (χ0v) is 11.6. The second kappa shape index (κ2) is 6.71. The van der Waals surface area contributed by atoms with Crippen LogP contribution in [-0.4, -0.2) is 23.2 Å². The summed E-state index contributed by atoms with van der Waals surface area (Å²) in [5.74, 6) is -3.96. The Morgan fingerprint density at radius 2 is 1.95 bits per heavy atom. The second-order valence-electron chi connectivity index (χ2n) is 4.13. The van der Waals surface area contributed by atoms with E-state index in [1.807, 2.05) is 6.92 Å². The fourth-order valence-electron chi connectivity index (χ4n) is 1.51. The quantitative estimate of drug-likeness (QED) is 0.883. The molecule has 4 nitrogen and oxygen atoms in total. The van der Waals surface area contributed by atoms with E-state index in [-0.39, 0.29) is 29.9 Å². The van der Waals surface area contributed by atoms with Crippen LogP contribution in [0.15, 0.2) is 16.7 Å². The molecule has 0 amide bonds. The van der Waals surface area contributed by atoms with Crippen LogP contribution in [0.4, 0.5) is 13.2 Å². The predicted molar refractivity (Wildman–Crippen MR) is 69.1 cm³/mol. The maximum absolute atomic E-state index is 13.5. The first-order chi connectivity index (χ1) is 9.02. The zero-order chi connectivity index (χ0) is 14.0. The van der Waals surface area contributed by atoms with Gasteiger partial charge in [0, 0.05) is 12.5 Å². The van der Waals surface area contributed by atoms with E-state index in [2.05, 4.69) is 15.5 Å². The number of hydrogen-bond donors (Lipinski definition) is 1. The third-order valence-corrected chi connectivity index (χ3v) is 2.72. The minimum Gasteiger partial charge on any atom is -0.334 e. The molecule has 1 atom stereocenters. The fraction of sp³-hybridized carbons (Fsp3) is 0.333. The van der Waals surface area contributed by atoms with Gasteiger partial charge in [-0.1, -0.05) is 5.16 Å². The lowest BCUT2D eigenvalue weighted by atomic mass is 10.2. The Kier molecular flexibility index (Phi) is 5.52. The lowest BCUT2D eigenvalue weighted by Gasteiger charge is -2.04. The monoisotopic (exact) mass is 307 g/mol. The molecule has 0 saturated heterocycles. The van der Waals surface area contributed by atoms with Gasteiger partial charge in [0.2, 0.25) is 0 Å². The van der Waals surface area contributed by atoms with E-state index in [0.717, 1.165) is 12.1 Å². The summed E-state index contributed by atoms with van der Waals surface area (Å²) >= 11 is 0. The number of likely N-dealkylation sites (N-methyl/N-ethyl adjacent to an activating group) is 1. The van der Waals surface area contributed by atoms with Crippen molar-refractivity contribution in [1.82, 2.24) is 15.5 Å². The van der Waals surface area contributed by atoms with Crippen molar-refractivity contribution in [3.63, 3.8) is 0 Å². The van der Waals surface area contributed by atoms with Gasteiger partial charge in [0.1, 0.15) is 0 Å². The van der Waals surface area contributed by atoms with Gasteiger partial charge < -0.3 is 9.84 Å². The van der Waals surface area contributed by atoms with Gasteiger partial charge in [-0.25, -0.2) is 13.2 Å². The molecule has 0 fully saturated rings. The Labute approximate surface area is 119 Å². The van der Waals surface area contributed by atoms with E-state index in [0.29, 0.717) is 12.2 Å². The second-order valence-corrected chi connectivity index (χ2v) is 4.13. The Bertz CT molecular complexity index is 591. The van der Waals surface area contributed by atoms with Gasteiger partial charge in [-0.2, -0.15) is 4.98 Å². The molecule has 1 unspecified atom stereocenters. The van der Waals surface area contributed by atoms with Gasteiger partial charge in [0.25, 0.3) is 5.89 Å². The molecule has 0 saturated carbocycles. The molecular weight excluding hydrogens is 295 g/mol. The van der Waals surface area contributed by atoms with Crippen molar-refractivity contribution in [2.45, 2.75) is 19.4 Å². The first kappa shape index (κ1) is 16.5. The lowest BCUT2D eigenvalue weighted by molar-refractivity contribution is 0.410. The normalized spacial score (nSPS) is 12.1. The number of benzene rings is 1. The van der Waals surface area contributed by atoms with Crippen molar-refractivity contribution >= 4 is 12.4 Å². The van der Waals surface area contributed by atoms with Gasteiger partial charge in [-0.15, -0.1) is 12.4 Å². The van der Waals surface area contributed by atoms with Gasteiger partial charge in [0.15, 0.2) is 23.3 Å². The third-order valence-electron chi connectivity index (χ3n) is 2.72. The van der Waals surface area contributed by atoms with Crippen molar-refractivity contribution in [3.8, 4) is 11.5 Å². The molecule has 1 aromatic heterocycles.